The molecule has 0 radical (unpaired) electrons. The Labute approximate surface area is 114 Å². The van der Waals surface area contributed by atoms with Gasteiger partial charge in [0.2, 0.25) is 5.91 Å². The Kier molecular flexibility index (Phi) is 6.24. The molecule has 0 spiro atoms. The average molecular weight is 271 g/mol. The number of aliphatic carboxylic acids is 1. The Morgan fingerprint density at radius 3 is 2.53 bits per heavy atom. The maximum atomic E-state index is 12.2. The Morgan fingerprint density at radius 1 is 1.26 bits per heavy atom. The Hall–Kier alpha value is -1.14. The second kappa shape index (κ2) is 7.45. The number of carboxylic acids is 1. The van der Waals surface area contributed by atoms with Gasteiger partial charge in [-0.05, 0) is 12.3 Å². The molecule has 0 aromatic carbocycles. The lowest BCUT2D eigenvalue weighted by atomic mass is 9.99. The molecule has 110 valence electrons. The third-order valence-electron chi connectivity index (χ3n) is 3.80. The fourth-order valence-corrected chi connectivity index (χ4v) is 2.25. The van der Waals surface area contributed by atoms with Crippen molar-refractivity contribution >= 4 is 11.9 Å². The monoisotopic (exact) mass is 271 g/mol. The minimum absolute atomic E-state index is 0.00785. The van der Waals surface area contributed by atoms with E-state index in [4.69, 9.17) is 10.8 Å². The van der Waals surface area contributed by atoms with Crippen LogP contribution in [-0.4, -0.2) is 65.5 Å². The zero-order valence-corrected chi connectivity index (χ0v) is 11.8. The maximum Gasteiger partial charge on any atom is 0.317 e. The van der Waals surface area contributed by atoms with Crippen molar-refractivity contribution in [2.45, 2.75) is 32.7 Å². The predicted octanol–water partition coefficient (Wildman–Crippen LogP) is -0.0213. The largest absolute Gasteiger partial charge is 0.480 e. The van der Waals surface area contributed by atoms with Crippen LogP contribution in [-0.2, 0) is 9.59 Å². The third-order valence-corrected chi connectivity index (χ3v) is 3.80. The highest BCUT2D eigenvalue weighted by Gasteiger charge is 2.26. The van der Waals surface area contributed by atoms with Gasteiger partial charge in [-0.15, -0.1) is 0 Å². The molecular formula is C13H25N3O3. The molecule has 1 heterocycles. The van der Waals surface area contributed by atoms with Crippen LogP contribution in [0.2, 0.25) is 0 Å². The van der Waals surface area contributed by atoms with Crippen LogP contribution in [0.1, 0.15) is 26.7 Å². The minimum atomic E-state index is -0.823. The van der Waals surface area contributed by atoms with Gasteiger partial charge in [-0.25, -0.2) is 0 Å². The fraction of sp³-hybridized carbons (Fsp3) is 0.846. The van der Waals surface area contributed by atoms with Crippen molar-refractivity contribution in [3.8, 4) is 0 Å². The molecule has 1 saturated heterocycles. The van der Waals surface area contributed by atoms with Crippen LogP contribution in [0.3, 0.4) is 0 Å². The van der Waals surface area contributed by atoms with Gasteiger partial charge in [-0.1, -0.05) is 20.3 Å². The van der Waals surface area contributed by atoms with Gasteiger partial charge in [0.15, 0.2) is 0 Å². The SMILES string of the molecule is CCC(C)[C@H](N)C(=O)N1CCCN(CC(=O)O)CC1. The standard InChI is InChI=1S/C13H25N3O3/c1-3-10(2)12(14)13(19)16-6-4-5-15(7-8-16)9-11(17)18/h10,12H,3-9,14H2,1-2H3,(H,17,18)/t10?,12-/m0/s1. The molecule has 19 heavy (non-hydrogen) atoms. The lowest BCUT2D eigenvalue weighted by Gasteiger charge is -2.27. The smallest absolute Gasteiger partial charge is 0.317 e. The molecular weight excluding hydrogens is 246 g/mol. The number of hydrogen-bond donors (Lipinski definition) is 2. The van der Waals surface area contributed by atoms with E-state index < -0.39 is 12.0 Å². The molecule has 1 amide bonds. The first-order chi connectivity index (χ1) is 8.95. The van der Waals surface area contributed by atoms with Gasteiger partial charge in [0, 0.05) is 26.2 Å². The Balaban J connectivity index is 2.52. The number of rotatable bonds is 5. The lowest BCUT2D eigenvalue weighted by molar-refractivity contribution is -0.138. The Morgan fingerprint density at radius 2 is 1.95 bits per heavy atom. The minimum Gasteiger partial charge on any atom is -0.480 e. The lowest BCUT2D eigenvalue weighted by Crippen LogP contribution is -2.48. The van der Waals surface area contributed by atoms with E-state index in [9.17, 15) is 9.59 Å². The summed E-state index contributed by atoms with van der Waals surface area (Å²) in [6.45, 7) is 6.60. The molecule has 2 atom stereocenters. The molecule has 3 N–H and O–H groups in total. The molecule has 1 rings (SSSR count). The van der Waals surface area contributed by atoms with Crippen molar-refractivity contribution in [1.29, 1.82) is 0 Å². The number of amides is 1. The topological polar surface area (TPSA) is 86.9 Å². The summed E-state index contributed by atoms with van der Waals surface area (Å²) in [5.41, 5.74) is 5.97. The molecule has 1 fully saturated rings. The molecule has 1 unspecified atom stereocenters. The molecule has 0 saturated carbocycles. The van der Waals surface area contributed by atoms with Crippen LogP contribution >= 0.6 is 0 Å². The van der Waals surface area contributed by atoms with E-state index in [0.29, 0.717) is 26.2 Å². The van der Waals surface area contributed by atoms with E-state index in [1.807, 2.05) is 18.7 Å². The number of nitrogens with two attached hydrogens (primary N) is 1. The van der Waals surface area contributed by atoms with Crippen LogP contribution in [0.4, 0.5) is 0 Å². The van der Waals surface area contributed by atoms with Crippen molar-refractivity contribution in [2.75, 3.05) is 32.7 Å². The normalized spacial score (nSPS) is 20.7. The number of carbonyl (C=O) groups is 2. The summed E-state index contributed by atoms with van der Waals surface area (Å²) in [6.07, 6.45) is 1.68. The number of carbonyl (C=O) groups excluding carboxylic acids is 1. The van der Waals surface area contributed by atoms with E-state index in [0.717, 1.165) is 12.8 Å². The molecule has 0 bridgehead atoms. The van der Waals surface area contributed by atoms with Gasteiger partial charge < -0.3 is 15.7 Å². The van der Waals surface area contributed by atoms with Gasteiger partial charge in [-0.3, -0.25) is 14.5 Å². The van der Waals surface area contributed by atoms with Gasteiger partial charge in [-0.2, -0.15) is 0 Å². The van der Waals surface area contributed by atoms with E-state index in [1.54, 1.807) is 4.90 Å². The van der Waals surface area contributed by atoms with E-state index in [1.165, 1.54) is 0 Å². The highest BCUT2D eigenvalue weighted by molar-refractivity contribution is 5.82. The summed E-state index contributed by atoms with van der Waals surface area (Å²) in [5.74, 6) is -0.659. The summed E-state index contributed by atoms with van der Waals surface area (Å²) in [4.78, 5) is 26.6. The summed E-state index contributed by atoms with van der Waals surface area (Å²) in [5, 5.41) is 8.78. The van der Waals surface area contributed by atoms with Crippen molar-refractivity contribution in [1.82, 2.24) is 9.80 Å². The van der Waals surface area contributed by atoms with E-state index in [2.05, 4.69) is 0 Å². The molecule has 0 aliphatic carbocycles. The number of carboxylic acid groups (broad SMARTS) is 1. The first kappa shape index (κ1) is 15.9. The zero-order valence-electron chi connectivity index (χ0n) is 11.8. The maximum absolute atomic E-state index is 12.2. The van der Waals surface area contributed by atoms with Crippen molar-refractivity contribution in [3.63, 3.8) is 0 Å². The second-order valence-corrected chi connectivity index (χ2v) is 5.26. The zero-order chi connectivity index (χ0) is 14.4. The molecule has 0 aromatic heterocycles. The Bertz CT molecular complexity index is 322. The van der Waals surface area contributed by atoms with Crippen molar-refractivity contribution in [2.24, 2.45) is 11.7 Å². The number of nitrogens with zero attached hydrogens (tertiary/aromatic N) is 2. The van der Waals surface area contributed by atoms with Gasteiger partial charge >= 0.3 is 5.97 Å². The molecule has 1 aliphatic heterocycles. The summed E-state index contributed by atoms with van der Waals surface area (Å²) >= 11 is 0. The quantitative estimate of drug-likeness (QED) is 0.734. The third kappa shape index (κ3) is 4.80. The van der Waals surface area contributed by atoms with Crippen molar-refractivity contribution < 1.29 is 14.7 Å². The van der Waals surface area contributed by atoms with Gasteiger partial charge in [0.05, 0.1) is 12.6 Å². The van der Waals surface area contributed by atoms with Crippen LogP contribution in [0.25, 0.3) is 0 Å². The first-order valence-corrected chi connectivity index (χ1v) is 6.94. The van der Waals surface area contributed by atoms with E-state index >= 15 is 0 Å². The molecule has 6 heteroatoms. The summed E-state index contributed by atoms with van der Waals surface area (Å²) in [6, 6.07) is -0.448. The summed E-state index contributed by atoms with van der Waals surface area (Å²) in [7, 11) is 0. The van der Waals surface area contributed by atoms with Crippen LogP contribution in [0, 0.1) is 5.92 Å². The van der Waals surface area contributed by atoms with Crippen LogP contribution in [0.15, 0.2) is 0 Å². The van der Waals surface area contributed by atoms with Gasteiger partial charge in [0.25, 0.3) is 0 Å². The van der Waals surface area contributed by atoms with Gasteiger partial charge in [0.1, 0.15) is 0 Å². The van der Waals surface area contributed by atoms with Crippen LogP contribution < -0.4 is 5.73 Å². The summed E-state index contributed by atoms with van der Waals surface area (Å²) < 4.78 is 0. The molecule has 6 nitrogen and oxygen atoms in total. The van der Waals surface area contributed by atoms with Crippen LogP contribution in [0.5, 0.6) is 0 Å². The first-order valence-electron chi connectivity index (χ1n) is 6.94. The second-order valence-electron chi connectivity index (χ2n) is 5.26. The number of hydrogen-bond acceptors (Lipinski definition) is 4. The van der Waals surface area contributed by atoms with E-state index in [-0.39, 0.29) is 18.4 Å². The molecule has 0 aromatic rings. The van der Waals surface area contributed by atoms with Crippen molar-refractivity contribution in [3.05, 3.63) is 0 Å². The highest BCUT2D eigenvalue weighted by atomic mass is 16.4. The average Bonchev–Trinajstić information content (AvgIpc) is 2.61. The molecule has 1 aliphatic rings. The predicted molar refractivity (Wildman–Crippen MR) is 72.7 cm³/mol. The highest BCUT2D eigenvalue weighted by Crippen LogP contribution is 2.11. The fourth-order valence-electron chi connectivity index (χ4n) is 2.25.